The van der Waals surface area contributed by atoms with Gasteiger partial charge in [0.2, 0.25) is 0 Å². The van der Waals surface area contributed by atoms with Gasteiger partial charge in [-0.25, -0.2) is 14.5 Å². The minimum absolute atomic E-state index is 0.222. The average Bonchev–Trinajstić information content (AvgIpc) is 2.76. The highest BCUT2D eigenvalue weighted by molar-refractivity contribution is 6.41. The van der Waals surface area contributed by atoms with Crippen molar-refractivity contribution in [3.63, 3.8) is 0 Å². The van der Waals surface area contributed by atoms with Crippen LogP contribution in [-0.4, -0.2) is 24.6 Å². The Kier molecular flexibility index (Phi) is 2.42. The molecule has 7 heteroatoms. The quantitative estimate of drug-likeness (QED) is 0.635. The first-order valence-corrected chi connectivity index (χ1v) is 5.47. The number of hydrogen-bond acceptors (Lipinski definition) is 4. The standard InChI is InChI=1S/C10H5Cl2N5/c11-7-4-14-10(16-9(7)12)6-3-15-17-2-1-13-5-8(6)17/h1-5H. The molecule has 3 aromatic heterocycles. The average molecular weight is 266 g/mol. The van der Waals surface area contributed by atoms with Crippen molar-refractivity contribution in [3.05, 3.63) is 41.2 Å². The van der Waals surface area contributed by atoms with E-state index in [4.69, 9.17) is 23.2 Å². The molecular formula is C10H5Cl2N5. The molecule has 0 saturated heterocycles. The molecule has 84 valence electrons. The predicted octanol–water partition coefficient (Wildman–Crippen LogP) is 2.49. The summed E-state index contributed by atoms with van der Waals surface area (Å²) >= 11 is 11.6. The van der Waals surface area contributed by atoms with Crippen LogP contribution in [0.1, 0.15) is 0 Å². The van der Waals surface area contributed by atoms with Crippen LogP contribution in [0.25, 0.3) is 16.9 Å². The summed E-state index contributed by atoms with van der Waals surface area (Å²) in [6.07, 6.45) is 8.21. The smallest absolute Gasteiger partial charge is 0.164 e. The first kappa shape index (κ1) is 10.4. The Hall–Kier alpha value is -1.72. The van der Waals surface area contributed by atoms with Crippen molar-refractivity contribution < 1.29 is 0 Å². The SMILES string of the molecule is Clc1cnc(-c2cnn3ccncc23)nc1Cl. The zero-order chi connectivity index (χ0) is 11.8. The van der Waals surface area contributed by atoms with E-state index in [1.54, 1.807) is 29.3 Å². The van der Waals surface area contributed by atoms with Gasteiger partial charge >= 0.3 is 0 Å². The molecule has 0 bridgehead atoms. The number of fused-ring (bicyclic) bond motifs is 1. The lowest BCUT2D eigenvalue weighted by molar-refractivity contribution is 0.946. The molecule has 0 aliphatic carbocycles. The summed E-state index contributed by atoms with van der Waals surface area (Å²) in [5.74, 6) is 0.474. The molecule has 0 spiro atoms. The second-order valence-electron chi connectivity index (χ2n) is 3.30. The number of rotatable bonds is 1. The van der Waals surface area contributed by atoms with Crippen LogP contribution in [0.4, 0.5) is 0 Å². The van der Waals surface area contributed by atoms with E-state index in [0.717, 1.165) is 11.1 Å². The lowest BCUT2D eigenvalue weighted by Crippen LogP contribution is -1.90. The van der Waals surface area contributed by atoms with Crippen LogP contribution < -0.4 is 0 Å². The van der Waals surface area contributed by atoms with E-state index in [-0.39, 0.29) is 5.15 Å². The van der Waals surface area contributed by atoms with Gasteiger partial charge in [-0.05, 0) is 0 Å². The second-order valence-corrected chi connectivity index (χ2v) is 4.06. The Bertz CT molecular complexity index is 694. The molecule has 0 aliphatic rings. The summed E-state index contributed by atoms with van der Waals surface area (Å²) in [6.45, 7) is 0. The summed E-state index contributed by atoms with van der Waals surface area (Å²) in [6, 6.07) is 0. The maximum atomic E-state index is 5.86. The van der Waals surface area contributed by atoms with E-state index in [2.05, 4.69) is 20.1 Å². The zero-order valence-corrected chi connectivity index (χ0v) is 9.89. The summed E-state index contributed by atoms with van der Waals surface area (Å²) in [5.41, 5.74) is 1.57. The van der Waals surface area contributed by atoms with Gasteiger partial charge < -0.3 is 0 Å². The van der Waals surface area contributed by atoms with E-state index in [0.29, 0.717) is 10.8 Å². The van der Waals surface area contributed by atoms with Crippen molar-refractivity contribution in [3.8, 4) is 11.4 Å². The first-order chi connectivity index (χ1) is 8.25. The first-order valence-electron chi connectivity index (χ1n) is 4.71. The minimum Gasteiger partial charge on any atom is -0.261 e. The van der Waals surface area contributed by atoms with Gasteiger partial charge in [0, 0.05) is 12.4 Å². The molecular weight excluding hydrogens is 261 g/mol. The molecule has 0 unspecified atom stereocenters. The Morgan fingerprint density at radius 1 is 1.12 bits per heavy atom. The second kappa shape index (κ2) is 3.94. The number of aromatic nitrogens is 5. The molecule has 3 heterocycles. The van der Waals surface area contributed by atoms with Gasteiger partial charge in [0.25, 0.3) is 0 Å². The third-order valence-corrected chi connectivity index (χ3v) is 2.93. The van der Waals surface area contributed by atoms with Crippen molar-refractivity contribution in [1.82, 2.24) is 24.6 Å². The topological polar surface area (TPSA) is 56.0 Å². The number of hydrogen-bond donors (Lipinski definition) is 0. The highest BCUT2D eigenvalue weighted by atomic mass is 35.5. The fraction of sp³-hybridized carbons (Fsp3) is 0. The third kappa shape index (κ3) is 1.73. The molecule has 3 aromatic rings. The molecule has 0 amide bonds. The van der Waals surface area contributed by atoms with Gasteiger partial charge in [0.1, 0.15) is 0 Å². The molecule has 0 saturated carbocycles. The van der Waals surface area contributed by atoms with Crippen molar-refractivity contribution in [1.29, 1.82) is 0 Å². The van der Waals surface area contributed by atoms with E-state index in [1.165, 1.54) is 6.20 Å². The van der Waals surface area contributed by atoms with Crippen LogP contribution in [0, 0.1) is 0 Å². The van der Waals surface area contributed by atoms with E-state index < -0.39 is 0 Å². The van der Waals surface area contributed by atoms with Gasteiger partial charge in [-0.15, -0.1) is 0 Å². The van der Waals surface area contributed by atoms with Gasteiger partial charge in [-0.3, -0.25) is 4.98 Å². The van der Waals surface area contributed by atoms with Crippen LogP contribution in [-0.2, 0) is 0 Å². The van der Waals surface area contributed by atoms with Crippen LogP contribution in [0.5, 0.6) is 0 Å². The van der Waals surface area contributed by atoms with Crippen molar-refractivity contribution in [2.45, 2.75) is 0 Å². The van der Waals surface area contributed by atoms with Crippen molar-refractivity contribution in [2.75, 3.05) is 0 Å². The predicted molar refractivity (Wildman–Crippen MR) is 64.0 cm³/mol. The summed E-state index contributed by atoms with van der Waals surface area (Å²) in [4.78, 5) is 12.3. The Balaban J connectivity index is 2.24. The van der Waals surface area contributed by atoms with Gasteiger partial charge in [-0.2, -0.15) is 5.10 Å². The van der Waals surface area contributed by atoms with E-state index in [1.807, 2.05) is 0 Å². The lowest BCUT2D eigenvalue weighted by Gasteiger charge is -1.99. The molecule has 0 atom stereocenters. The van der Waals surface area contributed by atoms with Crippen molar-refractivity contribution in [2.24, 2.45) is 0 Å². The monoisotopic (exact) mass is 265 g/mol. The molecule has 3 rings (SSSR count). The Morgan fingerprint density at radius 3 is 2.82 bits per heavy atom. The minimum atomic E-state index is 0.222. The molecule has 0 radical (unpaired) electrons. The maximum absolute atomic E-state index is 5.86. The van der Waals surface area contributed by atoms with Crippen LogP contribution >= 0.6 is 23.2 Å². The normalized spacial score (nSPS) is 10.9. The summed E-state index contributed by atoms with van der Waals surface area (Å²) in [7, 11) is 0. The summed E-state index contributed by atoms with van der Waals surface area (Å²) in [5, 5.41) is 4.71. The fourth-order valence-electron chi connectivity index (χ4n) is 1.48. The molecule has 0 aliphatic heterocycles. The van der Waals surface area contributed by atoms with Gasteiger partial charge in [0.15, 0.2) is 11.0 Å². The number of nitrogens with zero attached hydrogens (tertiary/aromatic N) is 5. The molecule has 0 N–H and O–H groups in total. The third-order valence-electron chi connectivity index (χ3n) is 2.27. The number of halogens is 2. The molecule has 17 heavy (non-hydrogen) atoms. The maximum Gasteiger partial charge on any atom is 0.164 e. The Morgan fingerprint density at radius 2 is 2.00 bits per heavy atom. The lowest BCUT2D eigenvalue weighted by atomic mass is 10.3. The van der Waals surface area contributed by atoms with E-state index in [9.17, 15) is 0 Å². The van der Waals surface area contributed by atoms with Crippen molar-refractivity contribution >= 4 is 28.7 Å². The van der Waals surface area contributed by atoms with Gasteiger partial charge in [0.05, 0.1) is 34.7 Å². The highest BCUT2D eigenvalue weighted by Gasteiger charge is 2.11. The fourth-order valence-corrected chi connectivity index (χ4v) is 1.70. The van der Waals surface area contributed by atoms with Crippen LogP contribution in [0.2, 0.25) is 10.2 Å². The van der Waals surface area contributed by atoms with Gasteiger partial charge in [-0.1, -0.05) is 23.2 Å². The Labute approximate surface area is 106 Å². The van der Waals surface area contributed by atoms with Crippen LogP contribution in [0.15, 0.2) is 31.0 Å². The molecule has 5 nitrogen and oxygen atoms in total. The summed E-state index contributed by atoms with van der Waals surface area (Å²) < 4.78 is 1.69. The van der Waals surface area contributed by atoms with Crippen LogP contribution in [0.3, 0.4) is 0 Å². The molecule has 0 aromatic carbocycles. The largest absolute Gasteiger partial charge is 0.261 e. The molecule has 0 fully saturated rings. The zero-order valence-electron chi connectivity index (χ0n) is 8.38. The van der Waals surface area contributed by atoms with E-state index >= 15 is 0 Å². The highest BCUT2D eigenvalue weighted by Crippen LogP contribution is 2.24.